The first-order valence-electron chi connectivity index (χ1n) is 7.09. The number of aromatic nitrogens is 2. The van der Waals surface area contributed by atoms with E-state index in [1.807, 2.05) is 42.5 Å². The number of imidazole rings is 1. The number of anilines is 1. The van der Waals surface area contributed by atoms with Crippen molar-refractivity contribution in [2.24, 2.45) is 5.73 Å². The summed E-state index contributed by atoms with van der Waals surface area (Å²) in [5, 5.41) is 13.5. The maximum absolute atomic E-state index is 9.61. The number of hydrogen-bond acceptors (Lipinski definition) is 4. The highest BCUT2D eigenvalue weighted by Crippen LogP contribution is 2.38. The average molecular weight is 322 g/mol. The molecule has 0 spiro atoms. The van der Waals surface area contributed by atoms with Gasteiger partial charge in [0.1, 0.15) is 11.9 Å². The zero-order valence-corrected chi connectivity index (χ0v) is 12.7. The Morgan fingerprint density at radius 2 is 1.91 bits per heavy atom. The van der Waals surface area contributed by atoms with Gasteiger partial charge in [0, 0.05) is 5.02 Å². The highest BCUT2D eigenvalue weighted by atomic mass is 35.5. The average Bonchev–Trinajstić information content (AvgIpc) is 2.93. The molecule has 23 heavy (non-hydrogen) atoms. The molecule has 2 heterocycles. The van der Waals surface area contributed by atoms with Crippen molar-refractivity contribution in [2.45, 2.75) is 6.04 Å². The van der Waals surface area contributed by atoms with Crippen molar-refractivity contribution in [3.8, 4) is 6.07 Å². The number of nitrogens with zero attached hydrogens (tertiary/aromatic N) is 3. The van der Waals surface area contributed by atoms with E-state index < -0.39 is 6.04 Å². The Hall–Kier alpha value is -2.97. The number of para-hydroxylation sites is 2. The first kappa shape index (κ1) is 13.7. The lowest BCUT2D eigenvalue weighted by Crippen LogP contribution is -2.26. The summed E-state index contributed by atoms with van der Waals surface area (Å²) in [6.45, 7) is 0. The van der Waals surface area contributed by atoms with Crippen LogP contribution >= 0.6 is 11.6 Å². The van der Waals surface area contributed by atoms with Crippen LogP contribution in [0.25, 0.3) is 16.9 Å². The van der Waals surface area contributed by atoms with Crippen LogP contribution in [0.5, 0.6) is 0 Å². The minimum Gasteiger partial charge on any atom is -0.384 e. The van der Waals surface area contributed by atoms with Gasteiger partial charge in [-0.2, -0.15) is 5.26 Å². The molecule has 0 saturated heterocycles. The number of benzene rings is 2. The zero-order valence-electron chi connectivity index (χ0n) is 12.0. The first-order chi connectivity index (χ1) is 11.2. The molecule has 112 valence electrons. The number of hydrogen-bond donors (Lipinski definition) is 2. The van der Waals surface area contributed by atoms with Crippen LogP contribution in [-0.2, 0) is 0 Å². The number of fused-ring (bicyclic) bond motifs is 3. The van der Waals surface area contributed by atoms with Gasteiger partial charge in [-0.05, 0) is 23.8 Å². The zero-order chi connectivity index (χ0) is 16.0. The molecule has 4 rings (SSSR count). The molecular formula is C17H12ClN5. The molecule has 0 radical (unpaired) electrons. The fourth-order valence-corrected chi connectivity index (χ4v) is 3.15. The Bertz CT molecular complexity index is 996. The van der Waals surface area contributed by atoms with Crippen molar-refractivity contribution in [1.82, 2.24) is 9.55 Å². The number of halogens is 1. The maximum Gasteiger partial charge on any atom is 0.210 e. The van der Waals surface area contributed by atoms with Crippen LogP contribution in [0, 0.1) is 11.3 Å². The van der Waals surface area contributed by atoms with Crippen molar-refractivity contribution in [1.29, 1.82) is 5.26 Å². The molecule has 3 N–H and O–H groups in total. The first-order valence-corrected chi connectivity index (χ1v) is 7.47. The van der Waals surface area contributed by atoms with Crippen LogP contribution in [0.2, 0.25) is 5.02 Å². The molecule has 5 nitrogen and oxygen atoms in total. The summed E-state index contributed by atoms with van der Waals surface area (Å²) in [6.07, 6.45) is 0. The largest absolute Gasteiger partial charge is 0.384 e. The molecule has 6 heteroatoms. The molecule has 0 amide bonds. The summed E-state index contributed by atoms with van der Waals surface area (Å²) >= 11 is 6.29. The fourth-order valence-electron chi connectivity index (χ4n) is 2.90. The van der Waals surface area contributed by atoms with Gasteiger partial charge in [0.25, 0.3) is 0 Å². The van der Waals surface area contributed by atoms with Gasteiger partial charge in [-0.1, -0.05) is 41.9 Å². The molecule has 0 bridgehead atoms. The van der Waals surface area contributed by atoms with E-state index in [1.165, 1.54) is 0 Å². The van der Waals surface area contributed by atoms with E-state index in [4.69, 9.17) is 17.3 Å². The van der Waals surface area contributed by atoms with Gasteiger partial charge < -0.3 is 11.1 Å². The Labute approximate surface area is 137 Å². The molecule has 1 aliphatic rings. The van der Waals surface area contributed by atoms with Crippen molar-refractivity contribution >= 4 is 34.4 Å². The molecule has 0 saturated carbocycles. The fraction of sp³-hybridized carbons (Fsp3) is 0.0588. The standard InChI is InChI=1S/C17H12ClN5/c18-12-6-2-1-5-10(12)15-11(9-19)16(20)23-14-8-4-3-7-13(14)21-17(23)22-15/h1-8,15H,20H2,(H,21,22)/t15-/m0/s1. The summed E-state index contributed by atoms with van der Waals surface area (Å²) in [4.78, 5) is 4.56. The van der Waals surface area contributed by atoms with E-state index in [0.717, 1.165) is 16.6 Å². The number of rotatable bonds is 1. The van der Waals surface area contributed by atoms with Gasteiger partial charge in [-0.15, -0.1) is 0 Å². The van der Waals surface area contributed by atoms with Gasteiger partial charge in [-0.25, -0.2) is 4.98 Å². The van der Waals surface area contributed by atoms with Gasteiger partial charge in [-0.3, -0.25) is 4.57 Å². The minimum absolute atomic E-state index is 0.375. The Balaban J connectivity index is 1.97. The van der Waals surface area contributed by atoms with Gasteiger partial charge in [0.2, 0.25) is 5.95 Å². The summed E-state index contributed by atoms with van der Waals surface area (Å²) < 4.78 is 1.77. The van der Waals surface area contributed by atoms with Crippen LogP contribution in [0.3, 0.4) is 0 Å². The van der Waals surface area contributed by atoms with Crippen molar-refractivity contribution < 1.29 is 0 Å². The molecule has 1 atom stereocenters. The van der Waals surface area contributed by atoms with Crippen LogP contribution in [0.4, 0.5) is 5.95 Å². The van der Waals surface area contributed by atoms with E-state index in [0.29, 0.717) is 22.4 Å². The Morgan fingerprint density at radius 3 is 2.70 bits per heavy atom. The molecule has 3 aromatic rings. The maximum atomic E-state index is 9.61. The van der Waals surface area contributed by atoms with E-state index in [9.17, 15) is 5.26 Å². The summed E-state index contributed by atoms with van der Waals surface area (Å²) in [5.41, 5.74) is 9.18. The number of nitriles is 1. The molecular weight excluding hydrogens is 310 g/mol. The van der Waals surface area contributed by atoms with Gasteiger partial charge in [0.15, 0.2) is 0 Å². The van der Waals surface area contributed by atoms with Crippen molar-refractivity contribution in [3.05, 3.63) is 64.7 Å². The van der Waals surface area contributed by atoms with Crippen LogP contribution in [0.1, 0.15) is 11.6 Å². The van der Waals surface area contributed by atoms with E-state index in [-0.39, 0.29) is 0 Å². The predicted molar refractivity (Wildman–Crippen MR) is 90.6 cm³/mol. The van der Waals surface area contributed by atoms with Gasteiger partial charge in [0.05, 0.1) is 22.6 Å². The summed E-state index contributed by atoms with van der Waals surface area (Å²) in [5.74, 6) is 0.979. The summed E-state index contributed by atoms with van der Waals surface area (Å²) in [6, 6.07) is 16.9. The van der Waals surface area contributed by atoms with Crippen molar-refractivity contribution in [2.75, 3.05) is 5.32 Å². The number of nitrogens with two attached hydrogens (primary N) is 1. The second-order valence-electron chi connectivity index (χ2n) is 5.27. The van der Waals surface area contributed by atoms with E-state index >= 15 is 0 Å². The SMILES string of the molecule is N#CC1=C(N)n2c(nc3ccccc32)N[C@H]1c1ccccc1Cl. The summed E-state index contributed by atoms with van der Waals surface area (Å²) in [7, 11) is 0. The highest BCUT2D eigenvalue weighted by Gasteiger charge is 2.30. The molecule has 1 aliphatic heterocycles. The molecule has 1 aromatic heterocycles. The Kier molecular flexibility index (Phi) is 3.00. The minimum atomic E-state index is -0.419. The third kappa shape index (κ3) is 1.96. The van der Waals surface area contributed by atoms with Crippen LogP contribution < -0.4 is 11.1 Å². The van der Waals surface area contributed by atoms with E-state index in [2.05, 4.69) is 16.4 Å². The molecule has 0 unspecified atom stereocenters. The lowest BCUT2D eigenvalue weighted by atomic mass is 9.98. The van der Waals surface area contributed by atoms with E-state index in [1.54, 1.807) is 10.6 Å². The van der Waals surface area contributed by atoms with Gasteiger partial charge >= 0.3 is 0 Å². The molecule has 0 aliphatic carbocycles. The number of nitrogens with one attached hydrogen (secondary N) is 1. The second-order valence-corrected chi connectivity index (χ2v) is 5.68. The van der Waals surface area contributed by atoms with Crippen LogP contribution in [0.15, 0.2) is 54.1 Å². The topological polar surface area (TPSA) is 79.7 Å². The second kappa shape index (κ2) is 5.04. The normalized spacial score (nSPS) is 16.8. The van der Waals surface area contributed by atoms with Crippen LogP contribution in [-0.4, -0.2) is 9.55 Å². The monoisotopic (exact) mass is 321 g/mol. The predicted octanol–water partition coefficient (Wildman–Crippen LogP) is 3.51. The lowest BCUT2D eigenvalue weighted by Gasteiger charge is -2.27. The third-order valence-corrected chi connectivity index (χ3v) is 4.32. The molecule has 0 fully saturated rings. The highest BCUT2D eigenvalue weighted by molar-refractivity contribution is 6.31. The van der Waals surface area contributed by atoms with Crippen molar-refractivity contribution in [3.63, 3.8) is 0 Å². The Morgan fingerprint density at radius 1 is 1.17 bits per heavy atom. The smallest absolute Gasteiger partial charge is 0.210 e. The quantitative estimate of drug-likeness (QED) is 0.718. The lowest BCUT2D eigenvalue weighted by molar-refractivity contribution is 0.857. The third-order valence-electron chi connectivity index (χ3n) is 3.98. The molecule has 2 aromatic carbocycles.